The second-order valence-electron chi connectivity index (χ2n) is 4.07. The highest BCUT2D eigenvalue weighted by molar-refractivity contribution is 7.91. The van der Waals surface area contributed by atoms with E-state index in [1.807, 2.05) is 42.5 Å². The van der Waals surface area contributed by atoms with Crippen LogP contribution in [0.25, 0.3) is 0 Å². The fourth-order valence-electron chi connectivity index (χ4n) is 1.69. The minimum atomic E-state index is -1.18. The number of rotatable bonds is 5. The monoisotopic (exact) mass is 292 g/mol. The topological polar surface area (TPSA) is 40.1 Å². The third-order valence-corrected chi connectivity index (χ3v) is 4.34. The van der Waals surface area contributed by atoms with Gasteiger partial charge in [0.05, 0.1) is 5.88 Å². The van der Waals surface area contributed by atoms with Gasteiger partial charge in [-0.3, -0.25) is 4.79 Å². The van der Waals surface area contributed by atoms with Crippen molar-refractivity contribution in [1.29, 1.82) is 0 Å². The van der Waals surface area contributed by atoms with Crippen LogP contribution in [0.15, 0.2) is 64.4 Å². The van der Waals surface area contributed by atoms with Gasteiger partial charge in [0, 0.05) is 17.6 Å². The summed E-state index contributed by atoms with van der Waals surface area (Å²) in [4.78, 5) is 12.7. The molecule has 0 aliphatic rings. The van der Waals surface area contributed by atoms with Crippen molar-refractivity contribution in [3.8, 4) is 0 Å². The molecule has 2 aromatic rings. The zero-order chi connectivity index (χ0) is 13.7. The van der Waals surface area contributed by atoms with Crippen LogP contribution < -0.4 is 0 Å². The van der Waals surface area contributed by atoms with E-state index in [-0.39, 0.29) is 11.7 Å². The van der Waals surface area contributed by atoms with Crippen molar-refractivity contribution in [2.24, 2.45) is 0 Å². The lowest BCUT2D eigenvalue weighted by molar-refractivity contribution is -0.116. The normalized spacial score (nSPS) is 12.1. The summed E-state index contributed by atoms with van der Waals surface area (Å²) in [5.41, 5.74) is 0.888. The van der Waals surface area contributed by atoms with Crippen LogP contribution in [0, 0.1) is 0 Å². The van der Waals surface area contributed by atoms with E-state index in [0.29, 0.717) is 6.42 Å². The van der Waals surface area contributed by atoms with E-state index in [9.17, 15) is 9.35 Å². The van der Waals surface area contributed by atoms with Crippen molar-refractivity contribution in [1.82, 2.24) is 0 Å². The van der Waals surface area contributed by atoms with Crippen molar-refractivity contribution >= 4 is 28.6 Å². The quantitative estimate of drug-likeness (QED) is 0.627. The first-order valence-corrected chi connectivity index (χ1v) is 7.52. The lowest BCUT2D eigenvalue weighted by Gasteiger charge is -2.10. The van der Waals surface area contributed by atoms with E-state index in [1.54, 1.807) is 12.1 Å². The SMILES string of the molecule is O=C(CCl)Cc1ccc([S+]([O-])c2ccccc2)cc1. The van der Waals surface area contributed by atoms with Crippen molar-refractivity contribution in [3.63, 3.8) is 0 Å². The zero-order valence-corrected chi connectivity index (χ0v) is 11.8. The molecule has 1 atom stereocenters. The number of benzene rings is 2. The average molecular weight is 293 g/mol. The molecule has 2 rings (SSSR count). The third-order valence-electron chi connectivity index (χ3n) is 2.65. The molecule has 0 fully saturated rings. The second kappa shape index (κ2) is 6.75. The molecule has 0 bridgehead atoms. The number of carbonyl (C=O) groups is 1. The lowest BCUT2D eigenvalue weighted by Crippen LogP contribution is -2.05. The van der Waals surface area contributed by atoms with Gasteiger partial charge in [-0.25, -0.2) is 0 Å². The maximum Gasteiger partial charge on any atom is 0.158 e. The molecule has 2 aromatic carbocycles. The molecule has 0 aromatic heterocycles. The Bertz CT molecular complexity index is 540. The van der Waals surface area contributed by atoms with Crippen molar-refractivity contribution in [3.05, 3.63) is 60.2 Å². The van der Waals surface area contributed by atoms with Gasteiger partial charge < -0.3 is 4.55 Å². The Morgan fingerprint density at radius 1 is 1.00 bits per heavy atom. The largest absolute Gasteiger partial charge is 0.606 e. The number of hydrogen-bond donors (Lipinski definition) is 0. The van der Waals surface area contributed by atoms with Crippen LogP contribution in [0.3, 0.4) is 0 Å². The molecule has 0 amide bonds. The molecule has 0 aliphatic heterocycles. The molecular weight excluding hydrogens is 280 g/mol. The number of halogens is 1. The molecule has 4 heteroatoms. The van der Waals surface area contributed by atoms with Gasteiger partial charge in [0.2, 0.25) is 0 Å². The summed E-state index contributed by atoms with van der Waals surface area (Å²) in [7, 11) is 0. The molecule has 0 radical (unpaired) electrons. The highest BCUT2D eigenvalue weighted by atomic mass is 35.5. The molecule has 0 saturated heterocycles. The number of ketones is 1. The first kappa shape index (κ1) is 14.1. The maximum atomic E-state index is 12.3. The van der Waals surface area contributed by atoms with E-state index < -0.39 is 11.2 Å². The first-order chi connectivity index (χ1) is 9.20. The van der Waals surface area contributed by atoms with Crippen LogP contribution in [-0.4, -0.2) is 16.2 Å². The molecule has 1 unspecified atom stereocenters. The molecule has 0 N–H and O–H groups in total. The Morgan fingerprint density at radius 3 is 2.16 bits per heavy atom. The highest BCUT2D eigenvalue weighted by Crippen LogP contribution is 2.20. The van der Waals surface area contributed by atoms with Crippen LogP contribution in [0.5, 0.6) is 0 Å². The van der Waals surface area contributed by atoms with Gasteiger partial charge in [-0.15, -0.1) is 11.6 Å². The van der Waals surface area contributed by atoms with Crippen molar-refractivity contribution in [2.45, 2.75) is 16.2 Å². The van der Waals surface area contributed by atoms with Crippen LogP contribution in [0.2, 0.25) is 0 Å². The summed E-state index contributed by atoms with van der Waals surface area (Å²) in [5.74, 6) is 0.0103. The average Bonchev–Trinajstić information content (AvgIpc) is 2.48. The van der Waals surface area contributed by atoms with Gasteiger partial charge in [0.25, 0.3) is 0 Å². The molecular formula is C15H13ClO2S. The lowest BCUT2D eigenvalue weighted by atomic mass is 10.1. The number of alkyl halides is 1. The third kappa shape index (κ3) is 3.83. The van der Waals surface area contributed by atoms with Crippen LogP contribution >= 0.6 is 11.6 Å². The zero-order valence-electron chi connectivity index (χ0n) is 10.2. The van der Waals surface area contributed by atoms with Crippen LogP contribution in [0.4, 0.5) is 0 Å². The van der Waals surface area contributed by atoms with Crippen molar-refractivity contribution in [2.75, 3.05) is 5.88 Å². The highest BCUT2D eigenvalue weighted by Gasteiger charge is 2.14. The Labute approximate surface area is 120 Å². The molecule has 98 valence electrons. The Morgan fingerprint density at radius 2 is 1.58 bits per heavy atom. The van der Waals surface area contributed by atoms with Gasteiger partial charge >= 0.3 is 0 Å². The number of carbonyl (C=O) groups excluding carboxylic acids is 1. The van der Waals surface area contributed by atoms with E-state index in [4.69, 9.17) is 11.6 Å². The van der Waals surface area contributed by atoms with Crippen molar-refractivity contribution < 1.29 is 9.35 Å². The summed E-state index contributed by atoms with van der Waals surface area (Å²) in [5, 5.41) is 0. The summed E-state index contributed by atoms with van der Waals surface area (Å²) < 4.78 is 12.3. The summed E-state index contributed by atoms with van der Waals surface area (Å²) in [6.45, 7) is 0. The molecule has 0 spiro atoms. The van der Waals surface area contributed by atoms with Crippen LogP contribution in [-0.2, 0) is 22.4 Å². The van der Waals surface area contributed by atoms with Crippen LogP contribution in [0.1, 0.15) is 5.56 Å². The van der Waals surface area contributed by atoms with Gasteiger partial charge in [-0.1, -0.05) is 30.3 Å². The minimum Gasteiger partial charge on any atom is -0.606 e. The van der Waals surface area contributed by atoms with Gasteiger partial charge in [-0.05, 0) is 29.8 Å². The first-order valence-electron chi connectivity index (χ1n) is 5.84. The van der Waals surface area contributed by atoms with Gasteiger partial charge in [-0.2, -0.15) is 0 Å². The predicted molar refractivity (Wildman–Crippen MR) is 77.0 cm³/mol. The second-order valence-corrected chi connectivity index (χ2v) is 5.82. The minimum absolute atomic E-state index is 0.0152. The molecule has 19 heavy (non-hydrogen) atoms. The maximum absolute atomic E-state index is 12.3. The number of hydrogen-bond acceptors (Lipinski definition) is 2. The smallest absolute Gasteiger partial charge is 0.158 e. The molecule has 0 heterocycles. The summed E-state index contributed by atoms with van der Waals surface area (Å²) >= 11 is 4.28. The Kier molecular flexibility index (Phi) is 5.02. The van der Waals surface area contributed by atoms with Gasteiger partial charge in [0.1, 0.15) is 0 Å². The Balaban J connectivity index is 2.12. The molecule has 0 aliphatic carbocycles. The van der Waals surface area contributed by atoms with E-state index in [1.165, 1.54) is 0 Å². The standard InChI is InChI=1S/C15H13ClO2S/c16-11-13(17)10-12-6-8-15(9-7-12)19(18)14-4-2-1-3-5-14/h1-9H,10-11H2. The van der Waals surface area contributed by atoms with Gasteiger partial charge in [0.15, 0.2) is 15.6 Å². The predicted octanol–water partition coefficient (Wildman–Crippen LogP) is 3.20. The van der Waals surface area contributed by atoms with E-state index in [2.05, 4.69) is 0 Å². The number of Topliss-reactive ketones (excluding diaryl/α,β-unsaturated/α-hetero) is 1. The fraction of sp³-hybridized carbons (Fsp3) is 0.133. The Hall–Kier alpha value is -1.29. The summed E-state index contributed by atoms with van der Waals surface area (Å²) in [6.07, 6.45) is 0.321. The van der Waals surface area contributed by atoms with E-state index >= 15 is 0 Å². The molecule has 2 nitrogen and oxygen atoms in total. The summed E-state index contributed by atoms with van der Waals surface area (Å²) in [6, 6.07) is 16.5. The molecule has 0 saturated carbocycles. The van der Waals surface area contributed by atoms with E-state index in [0.717, 1.165) is 15.4 Å². The fourth-order valence-corrected chi connectivity index (χ4v) is 2.84.